The highest BCUT2D eigenvalue weighted by atomic mass is 19.1. The van der Waals surface area contributed by atoms with Crippen LogP contribution in [-0.2, 0) is 9.53 Å². The maximum atomic E-state index is 14.1. The highest BCUT2D eigenvalue weighted by molar-refractivity contribution is 6.15. The predicted octanol–water partition coefficient (Wildman–Crippen LogP) is 0.896. The van der Waals surface area contributed by atoms with Crippen molar-refractivity contribution in [2.24, 2.45) is 11.7 Å². The van der Waals surface area contributed by atoms with Crippen LogP contribution in [0, 0.1) is 5.92 Å². The zero-order valence-corrected chi connectivity index (χ0v) is 12.9. The smallest absolute Gasteiger partial charge is 0.287 e. The molecule has 2 aromatic heterocycles. The molecule has 0 unspecified atom stereocenters. The molecular formula is C15H16FN5O3. The lowest BCUT2D eigenvalue weighted by Crippen LogP contribution is -2.17. The number of anilines is 1. The van der Waals surface area contributed by atoms with Gasteiger partial charge in [0.05, 0.1) is 23.8 Å². The molecule has 1 fully saturated rings. The van der Waals surface area contributed by atoms with Gasteiger partial charge in [0, 0.05) is 17.7 Å². The number of nitrogens with two attached hydrogens (primary N) is 1. The molecule has 2 aliphatic heterocycles. The van der Waals surface area contributed by atoms with Crippen LogP contribution in [0.3, 0.4) is 0 Å². The molecule has 1 saturated heterocycles. The molecule has 4 rings (SSSR count). The van der Waals surface area contributed by atoms with E-state index in [2.05, 4.69) is 15.3 Å². The van der Waals surface area contributed by atoms with Gasteiger partial charge in [0.1, 0.15) is 24.0 Å². The minimum absolute atomic E-state index is 0.0696. The van der Waals surface area contributed by atoms with Gasteiger partial charge in [-0.05, 0) is 6.42 Å². The van der Waals surface area contributed by atoms with Crippen molar-refractivity contribution in [1.29, 1.82) is 0 Å². The predicted molar refractivity (Wildman–Crippen MR) is 83.1 cm³/mol. The zero-order valence-electron chi connectivity index (χ0n) is 12.9. The average Bonchev–Trinajstić information content (AvgIpc) is 3.11. The normalized spacial score (nSPS) is 26.8. The molecule has 0 aliphatic carbocycles. The molecule has 0 radical (unpaired) electrons. The Balaban J connectivity index is 1.93. The molecule has 4 heterocycles. The molecule has 126 valence electrons. The van der Waals surface area contributed by atoms with Crippen LogP contribution in [0.4, 0.5) is 10.2 Å². The number of hydrogen-bond donors (Lipinski definition) is 3. The van der Waals surface area contributed by atoms with Crippen LogP contribution in [0.25, 0.3) is 16.7 Å². The summed E-state index contributed by atoms with van der Waals surface area (Å²) in [6.45, 7) is 1.93. The van der Waals surface area contributed by atoms with Gasteiger partial charge in [-0.25, -0.2) is 9.97 Å². The third-order valence-electron chi connectivity index (χ3n) is 4.50. The van der Waals surface area contributed by atoms with Crippen LogP contribution in [0.5, 0.6) is 0 Å². The summed E-state index contributed by atoms with van der Waals surface area (Å²) in [6, 6.07) is 0. The third kappa shape index (κ3) is 2.01. The maximum absolute atomic E-state index is 14.1. The number of aliphatic hydroxyl groups excluding tert-OH is 1. The van der Waals surface area contributed by atoms with E-state index in [1.54, 1.807) is 10.8 Å². The molecule has 2 aromatic rings. The zero-order chi connectivity index (χ0) is 17.0. The summed E-state index contributed by atoms with van der Waals surface area (Å²) < 4.78 is 21.7. The van der Waals surface area contributed by atoms with Gasteiger partial charge in [-0.1, -0.05) is 6.92 Å². The van der Waals surface area contributed by atoms with E-state index < -0.39 is 11.7 Å². The van der Waals surface area contributed by atoms with Crippen molar-refractivity contribution in [3.63, 3.8) is 0 Å². The van der Waals surface area contributed by atoms with Gasteiger partial charge in [0.25, 0.3) is 5.91 Å². The highest BCUT2D eigenvalue weighted by Crippen LogP contribution is 2.40. The first-order valence-corrected chi connectivity index (χ1v) is 7.60. The van der Waals surface area contributed by atoms with Gasteiger partial charge < -0.3 is 25.5 Å². The summed E-state index contributed by atoms with van der Waals surface area (Å²) in [5.74, 6) is -1.66. The molecule has 3 atom stereocenters. The Morgan fingerprint density at radius 3 is 3.04 bits per heavy atom. The van der Waals surface area contributed by atoms with Crippen LogP contribution in [0.2, 0.25) is 0 Å². The Hall–Kier alpha value is -2.52. The standard InChI is InChI=1S/C15H16FN5O3/c1-6-2-7(4-22)24-15(6)21-3-8-9-12(18-5-19-13(9)21)20-14(23)10(16)11(8)17/h3,5-7,15,22H,2,4,17H2,1H3,(H,18,19,20,23)/t6-,7-,15+/m0/s1. The van der Waals surface area contributed by atoms with E-state index in [0.717, 1.165) is 0 Å². The van der Waals surface area contributed by atoms with Gasteiger partial charge in [0.15, 0.2) is 0 Å². The van der Waals surface area contributed by atoms with Gasteiger partial charge in [0.2, 0.25) is 5.83 Å². The topological polar surface area (TPSA) is 115 Å². The second kappa shape index (κ2) is 5.25. The highest BCUT2D eigenvalue weighted by Gasteiger charge is 2.36. The van der Waals surface area contributed by atoms with Crippen molar-refractivity contribution in [1.82, 2.24) is 14.5 Å². The number of carbonyl (C=O) groups is 1. The Morgan fingerprint density at radius 2 is 2.33 bits per heavy atom. The number of aliphatic hydroxyl groups is 1. The van der Waals surface area contributed by atoms with Gasteiger partial charge in [-0.2, -0.15) is 4.39 Å². The second-order valence-electron chi connectivity index (χ2n) is 6.10. The molecule has 0 bridgehead atoms. The first-order chi connectivity index (χ1) is 11.5. The maximum Gasteiger partial charge on any atom is 0.287 e. The van der Waals surface area contributed by atoms with Crippen molar-refractivity contribution in [2.75, 3.05) is 11.9 Å². The summed E-state index contributed by atoms with van der Waals surface area (Å²) in [4.78, 5) is 20.0. The molecule has 2 aliphatic rings. The number of halogens is 1. The van der Waals surface area contributed by atoms with E-state index in [1.807, 2.05) is 6.92 Å². The van der Waals surface area contributed by atoms with Crippen LogP contribution in [-0.4, -0.2) is 38.3 Å². The Bertz CT molecular complexity index is 877. The minimum atomic E-state index is -1.05. The van der Waals surface area contributed by atoms with E-state index in [1.165, 1.54) is 6.33 Å². The Morgan fingerprint density at radius 1 is 1.54 bits per heavy atom. The molecule has 4 N–H and O–H groups in total. The molecular weight excluding hydrogens is 317 g/mol. The van der Waals surface area contributed by atoms with Crippen molar-refractivity contribution < 1.29 is 19.0 Å². The molecule has 0 saturated carbocycles. The van der Waals surface area contributed by atoms with E-state index >= 15 is 0 Å². The number of ether oxygens (including phenoxy) is 1. The number of amides is 1. The number of hydrogen-bond acceptors (Lipinski definition) is 6. The van der Waals surface area contributed by atoms with E-state index in [-0.39, 0.29) is 36.4 Å². The molecule has 1 amide bonds. The number of nitrogens with one attached hydrogen (secondary N) is 1. The first kappa shape index (κ1) is 15.0. The monoisotopic (exact) mass is 333 g/mol. The first-order valence-electron chi connectivity index (χ1n) is 7.60. The van der Waals surface area contributed by atoms with Crippen molar-refractivity contribution >= 4 is 28.5 Å². The van der Waals surface area contributed by atoms with Crippen molar-refractivity contribution in [3.8, 4) is 0 Å². The number of carbonyl (C=O) groups excluding carboxylic acids is 1. The fourth-order valence-corrected chi connectivity index (χ4v) is 3.36. The largest absolute Gasteiger partial charge is 0.396 e. The lowest BCUT2D eigenvalue weighted by molar-refractivity contribution is -0.114. The van der Waals surface area contributed by atoms with Crippen LogP contribution in [0.15, 0.2) is 18.4 Å². The minimum Gasteiger partial charge on any atom is -0.396 e. The van der Waals surface area contributed by atoms with E-state index in [4.69, 9.17) is 10.5 Å². The average molecular weight is 333 g/mol. The van der Waals surface area contributed by atoms with E-state index in [0.29, 0.717) is 23.0 Å². The van der Waals surface area contributed by atoms with E-state index in [9.17, 15) is 14.3 Å². The van der Waals surface area contributed by atoms with Crippen molar-refractivity contribution in [3.05, 3.63) is 23.9 Å². The molecule has 8 nitrogen and oxygen atoms in total. The molecule has 9 heteroatoms. The fraction of sp³-hybridized carbons (Fsp3) is 0.400. The Kier molecular flexibility index (Phi) is 3.29. The van der Waals surface area contributed by atoms with Crippen LogP contribution >= 0.6 is 0 Å². The SMILES string of the molecule is C[C@H]1C[C@@H](CO)O[C@H]1n1cc2c3c(ncnc31)NC(=O)C(F)=C2N. The number of rotatable bonds is 2. The van der Waals surface area contributed by atoms with Gasteiger partial charge in [-0.15, -0.1) is 0 Å². The molecule has 0 spiro atoms. The lowest BCUT2D eigenvalue weighted by Gasteiger charge is -2.18. The van der Waals surface area contributed by atoms with Gasteiger partial charge >= 0.3 is 0 Å². The van der Waals surface area contributed by atoms with Crippen LogP contribution < -0.4 is 11.1 Å². The summed E-state index contributed by atoms with van der Waals surface area (Å²) >= 11 is 0. The molecule has 24 heavy (non-hydrogen) atoms. The summed E-state index contributed by atoms with van der Waals surface area (Å²) in [6.07, 6.45) is 2.99. The summed E-state index contributed by atoms with van der Waals surface area (Å²) in [7, 11) is 0. The summed E-state index contributed by atoms with van der Waals surface area (Å²) in [5, 5.41) is 12.2. The molecule has 0 aromatic carbocycles. The number of aromatic nitrogens is 3. The van der Waals surface area contributed by atoms with Crippen molar-refractivity contribution in [2.45, 2.75) is 25.7 Å². The number of nitrogens with zero attached hydrogens (tertiary/aromatic N) is 3. The third-order valence-corrected chi connectivity index (χ3v) is 4.50. The second-order valence-corrected chi connectivity index (χ2v) is 6.10. The fourth-order valence-electron chi connectivity index (χ4n) is 3.36. The Labute approximate surface area is 136 Å². The van der Waals surface area contributed by atoms with Crippen LogP contribution in [0.1, 0.15) is 25.1 Å². The summed E-state index contributed by atoms with van der Waals surface area (Å²) in [5.41, 5.74) is 6.41. The lowest BCUT2D eigenvalue weighted by atomic mass is 10.1. The van der Waals surface area contributed by atoms with Gasteiger partial charge in [-0.3, -0.25) is 4.79 Å². The quantitative estimate of drug-likeness (QED) is 0.752.